The van der Waals surface area contributed by atoms with Crippen molar-refractivity contribution in [1.29, 1.82) is 5.26 Å². The molecule has 10 heteroatoms. The van der Waals surface area contributed by atoms with Gasteiger partial charge in [0, 0.05) is 24.1 Å². The second-order valence-electron chi connectivity index (χ2n) is 6.33. The summed E-state index contributed by atoms with van der Waals surface area (Å²) < 4.78 is 9.82. The third kappa shape index (κ3) is 5.08. The number of rotatable bonds is 3. The number of carbonyl (C=O) groups is 3. The molecule has 2 heterocycles. The number of carboxylic acid groups (broad SMARTS) is 1. The van der Waals surface area contributed by atoms with E-state index in [2.05, 4.69) is 11.1 Å². The molecular weight excluding hydrogens is 404 g/mol. The first kappa shape index (κ1) is 23.2. The van der Waals surface area contributed by atoms with Crippen molar-refractivity contribution in [2.24, 2.45) is 0 Å². The van der Waals surface area contributed by atoms with E-state index in [0.717, 1.165) is 11.3 Å². The zero-order chi connectivity index (χ0) is 23.0. The summed E-state index contributed by atoms with van der Waals surface area (Å²) in [5.41, 5.74) is 9.51. The number of pyridine rings is 1. The van der Waals surface area contributed by atoms with Crippen molar-refractivity contribution in [2.75, 3.05) is 26.0 Å². The van der Waals surface area contributed by atoms with Crippen LogP contribution in [0.5, 0.6) is 0 Å². The molecule has 1 amide bonds. The third-order valence-corrected chi connectivity index (χ3v) is 4.61. The highest BCUT2D eigenvalue weighted by atomic mass is 16.6. The van der Waals surface area contributed by atoms with Gasteiger partial charge in [0.25, 0.3) is 6.47 Å². The lowest BCUT2D eigenvalue weighted by Gasteiger charge is -2.29. The summed E-state index contributed by atoms with van der Waals surface area (Å²) in [6.07, 6.45) is 0.104. The number of hydrogen-bond acceptors (Lipinski definition) is 8. The summed E-state index contributed by atoms with van der Waals surface area (Å²) in [5.74, 6) is -0.297. The number of amides is 1. The Bertz CT molecular complexity index is 1010. The smallest absolute Gasteiger partial charge is 0.410 e. The molecule has 0 saturated carbocycles. The van der Waals surface area contributed by atoms with Crippen LogP contribution in [0.25, 0.3) is 11.1 Å². The molecule has 0 fully saturated rings. The van der Waals surface area contributed by atoms with Crippen LogP contribution in [0.3, 0.4) is 0 Å². The van der Waals surface area contributed by atoms with Crippen LogP contribution in [0, 0.1) is 11.3 Å². The highest BCUT2D eigenvalue weighted by Gasteiger charge is 2.28. The lowest BCUT2D eigenvalue weighted by molar-refractivity contribution is -0.122. The molecule has 0 aliphatic carbocycles. The normalized spacial score (nSPS) is 11.8. The molecule has 0 bridgehead atoms. The van der Waals surface area contributed by atoms with Gasteiger partial charge >= 0.3 is 12.1 Å². The van der Waals surface area contributed by atoms with E-state index in [0.29, 0.717) is 29.7 Å². The molecule has 0 unspecified atom stereocenters. The Morgan fingerprint density at radius 2 is 2.00 bits per heavy atom. The van der Waals surface area contributed by atoms with Gasteiger partial charge in [-0.25, -0.2) is 14.6 Å². The number of nitrogen functional groups attached to an aromatic ring is 1. The predicted molar refractivity (Wildman–Crippen MR) is 110 cm³/mol. The maximum Gasteiger partial charge on any atom is 0.410 e. The number of aromatic nitrogens is 1. The number of ether oxygens (including phenoxy) is 2. The van der Waals surface area contributed by atoms with Gasteiger partial charge in [-0.15, -0.1) is 0 Å². The van der Waals surface area contributed by atoms with E-state index in [-0.39, 0.29) is 31.0 Å². The van der Waals surface area contributed by atoms with E-state index in [4.69, 9.17) is 25.1 Å². The van der Waals surface area contributed by atoms with Crippen molar-refractivity contribution < 1.29 is 29.0 Å². The third-order valence-electron chi connectivity index (χ3n) is 4.61. The molecule has 1 aromatic carbocycles. The number of nitriles is 1. The summed E-state index contributed by atoms with van der Waals surface area (Å²) >= 11 is 0. The highest BCUT2D eigenvalue weighted by molar-refractivity contribution is 5.90. The Kier molecular flexibility index (Phi) is 7.91. The van der Waals surface area contributed by atoms with Crippen LogP contribution in [0.1, 0.15) is 34.1 Å². The molecule has 1 aromatic heterocycles. The van der Waals surface area contributed by atoms with Gasteiger partial charge in [0.2, 0.25) is 0 Å². The Labute approximate surface area is 178 Å². The fourth-order valence-corrected chi connectivity index (χ4v) is 3.27. The molecule has 2 aromatic rings. The maximum absolute atomic E-state index is 12.2. The molecule has 31 heavy (non-hydrogen) atoms. The van der Waals surface area contributed by atoms with E-state index in [1.54, 1.807) is 36.1 Å². The molecule has 0 spiro atoms. The van der Waals surface area contributed by atoms with Crippen molar-refractivity contribution in [1.82, 2.24) is 9.88 Å². The highest BCUT2D eigenvalue weighted by Crippen LogP contribution is 2.35. The monoisotopic (exact) mass is 426 g/mol. The largest absolute Gasteiger partial charge is 0.483 e. The molecule has 3 rings (SSSR count). The topological polar surface area (TPSA) is 156 Å². The molecule has 10 nitrogen and oxygen atoms in total. The van der Waals surface area contributed by atoms with Crippen LogP contribution in [0.4, 0.5) is 10.6 Å². The Morgan fingerprint density at radius 3 is 2.55 bits per heavy atom. The van der Waals surface area contributed by atoms with Gasteiger partial charge in [-0.1, -0.05) is 12.1 Å². The van der Waals surface area contributed by atoms with Gasteiger partial charge in [0.15, 0.2) is 0 Å². The van der Waals surface area contributed by atoms with E-state index >= 15 is 0 Å². The van der Waals surface area contributed by atoms with Crippen molar-refractivity contribution in [2.45, 2.75) is 19.9 Å². The molecule has 162 valence electrons. The van der Waals surface area contributed by atoms with Crippen LogP contribution in [0.15, 0.2) is 24.3 Å². The number of esters is 1. The van der Waals surface area contributed by atoms with Gasteiger partial charge in [0.1, 0.15) is 17.5 Å². The van der Waals surface area contributed by atoms with Crippen LogP contribution in [-0.4, -0.2) is 53.8 Å². The Morgan fingerprint density at radius 1 is 1.35 bits per heavy atom. The zero-order valence-electron chi connectivity index (χ0n) is 17.1. The average molecular weight is 426 g/mol. The molecular formula is C21H22N4O6. The Balaban J connectivity index is 0.00000107. The fourth-order valence-electron chi connectivity index (χ4n) is 3.27. The van der Waals surface area contributed by atoms with Crippen LogP contribution in [0.2, 0.25) is 0 Å². The first-order valence-corrected chi connectivity index (χ1v) is 9.31. The summed E-state index contributed by atoms with van der Waals surface area (Å²) in [4.78, 5) is 38.2. The van der Waals surface area contributed by atoms with Crippen molar-refractivity contribution in [3.05, 3.63) is 46.6 Å². The van der Waals surface area contributed by atoms with Gasteiger partial charge in [-0.05, 0) is 24.6 Å². The number of benzene rings is 1. The summed E-state index contributed by atoms with van der Waals surface area (Å²) in [7, 11) is 1.31. The summed E-state index contributed by atoms with van der Waals surface area (Å²) in [6, 6.07) is 8.82. The minimum Gasteiger partial charge on any atom is -0.483 e. The average Bonchev–Trinajstić information content (AvgIpc) is 2.78. The van der Waals surface area contributed by atoms with Gasteiger partial charge in [0.05, 0.1) is 31.5 Å². The van der Waals surface area contributed by atoms with Crippen LogP contribution in [-0.2, 0) is 27.2 Å². The van der Waals surface area contributed by atoms with E-state index in [1.807, 2.05) is 0 Å². The quantitative estimate of drug-likeness (QED) is 0.555. The van der Waals surface area contributed by atoms with Gasteiger partial charge < -0.3 is 25.2 Å². The number of nitrogens with two attached hydrogens (primary N) is 1. The lowest BCUT2D eigenvalue weighted by Crippen LogP contribution is -2.37. The maximum atomic E-state index is 12.2. The van der Waals surface area contributed by atoms with E-state index in [9.17, 15) is 14.9 Å². The first-order valence-electron chi connectivity index (χ1n) is 9.31. The molecule has 1 aliphatic rings. The summed E-state index contributed by atoms with van der Waals surface area (Å²) in [5, 5.41) is 16.5. The minimum absolute atomic E-state index is 0.151. The predicted octanol–water partition coefficient (Wildman–Crippen LogP) is 2.20. The van der Waals surface area contributed by atoms with E-state index in [1.165, 1.54) is 7.11 Å². The molecule has 0 saturated heterocycles. The second-order valence-corrected chi connectivity index (χ2v) is 6.33. The SMILES string of the molecule is CCOC(=O)N1CCc2nc(N)c(C#N)c(-c3ccc(C(=O)OC)cc3)c2C1.O=CO. The standard InChI is InChI=1S/C20H20N4O4.CH2O2/c1-3-28-20(26)24-9-8-16-15(11-24)17(14(10-21)18(22)23-16)12-4-6-13(7-5-12)19(25)27-2;2-1-3/h4-7H,3,8-9,11H2,1-2H3,(H2,22,23);1H,(H,2,3). The van der Waals surface area contributed by atoms with Gasteiger partial charge in [-0.3, -0.25) is 4.79 Å². The molecule has 0 atom stereocenters. The van der Waals surface area contributed by atoms with Crippen molar-refractivity contribution >= 4 is 24.4 Å². The second kappa shape index (κ2) is 10.6. The van der Waals surface area contributed by atoms with Crippen LogP contribution < -0.4 is 5.73 Å². The van der Waals surface area contributed by atoms with Crippen molar-refractivity contribution in [3.8, 4) is 17.2 Å². The number of hydrogen-bond donors (Lipinski definition) is 2. The summed E-state index contributed by atoms with van der Waals surface area (Å²) in [6.45, 7) is 2.52. The van der Waals surface area contributed by atoms with Crippen LogP contribution >= 0.6 is 0 Å². The number of methoxy groups -OCH3 is 1. The lowest BCUT2D eigenvalue weighted by atomic mass is 9.91. The number of anilines is 1. The first-order chi connectivity index (χ1) is 14.9. The number of fused-ring (bicyclic) bond motifs is 1. The number of carbonyl (C=O) groups excluding carboxylic acids is 2. The van der Waals surface area contributed by atoms with Crippen molar-refractivity contribution in [3.63, 3.8) is 0 Å². The zero-order valence-corrected chi connectivity index (χ0v) is 17.1. The van der Waals surface area contributed by atoms with Gasteiger partial charge in [-0.2, -0.15) is 5.26 Å². The fraction of sp³-hybridized carbons (Fsp3) is 0.286. The minimum atomic E-state index is -0.447. The van der Waals surface area contributed by atoms with E-state index < -0.39 is 12.1 Å². The molecule has 0 radical (unpaired) electrons. The Hall–Kier alpha value is -4.13. The molecule has 1 aliphatic heterocycles. The number of nitrogens with zero attached hydrogens (tertiary/aromatic N) is 3. The molecule has 3 N–H and O–H groups in total.